The Morgan fingerprint density at radius 3 is 2.52 bits per heavy atom. The molecule has 0 fully saturated rings. The number of esters is 1. The van der Waals surface area contributed by atoms with E-state index >= 15 is 0 Å². The molecule has 0 spiro atoms. The number of rotatable bonds is 6. The van der Waals surface area contributed by atoms with E-state index in [0.717, 1.165) is 11.1 Å². The van der Waals surface area contributed by atoms with Gasteiger partial charge in [0.1, 0.15) is 5.75 Å². The van der Waals surface area contributed by atoms with Crippen molar-refractivity contribution in [1.82, 2.24) is 0 Å². The highest BCUT2D eigenvalue weighted by molar-refractivity contribution is 6.30. The van der Waals surface area contributed by atoms with Crippen molar-refractivity contribution in [3.8, 4) is 5.75 Å². The molecule has 2 aromatic rings. The van der Waals surface area contributed by atoms with Gasteiger partial charge >= 0.3 is 5.97 Å². The number of carbonyl (C=O) groups is 2. The average Bonchev–Trinajstić information content (AvgIpc) is 2.57. The molecule has 2 aromatic carbocycles. The van der Waals surface area contributed by atoms with E-state index in [1.54, 1.807) is 31.2 Å². The Balaban J connectivity index is 1.84. The minimum atomic E-state index is -0.842. The third-order valence-electron chi connectivity index (χ3n) is 3.54. The molecule has 0 bridgehead atoms. The molecule has 1 unspecified atom stereocenters. The molecule has 2 rings (SSSR count). The Hall–Kier alpha value is -2.53. The van der Waals surface area contributed by atoms with Crippen molar-refractivity contribution in [2.45, 2.75) is 26.9 Å². The van der Waals surface area contributed by atoms with E-state index in [1.165, 1.54) is 0 Å². The van der Waals surface area contributed by atoms with E-state index in [9.17, 15) is 9.59 Å². The van der Waals surface area contributed by atoms with Gasteiger partial charge in [-0.05, 0) is 56.2 Å². The van der Waals surface area contributed by atoms with Crippen LogP contribution in [0.2, 0.25) is 5.02 Å². The van der Waals surface area contributed by atoms with Gasteiger partial charge in [0.2, 0.25) is 0 Å². The SMILES string of the molecule is Cc1ccccc1NC(=O)COC(=O)C(C)Oc1ccc(Cl)cc1C. The molecular formula is C19H20ClNO4. The molecule has 0 heterocycles. The first-order valence-electron chi connectivity index (χ1n) is 7.81. The highest BCUT2D eigenvalue weighted by atomic mass is 35.5. The van der Waals surface area contributed by atoms with Gasteiger partial charge in [-0.1, -0.05) is 29.8 Å². The largest absolute Gasteiger partial charge is 0.479 e. The molecule has 6 heteroatoms. The third kappa shape index (κ3) is 5.50. The summed E-state index contributed by atoms with van der Waals surface area (Å²) in [7, 11) is 0. The van der Waals surface area contributed by atoms with E-state index < -0.39 is 18.0 Å². The molecule has 0 aliphatic rings. The van der Waals surface area contributed by atoms with Crippen molar-refractivity contribution in [3.63, 3.8) is 0 Å². The molecule has 0 saturated heterocycles. The summed E-state index contributed by atoms with van der Waals surface area (Å²) in [5, 5.41) is 3.29. The van der Waals surface area contributed by atoms with Crippen LogP contribution in [0.1, 0.15) is 18.1 Å². The average molecular weight is 362 g/mol. The molecule has 0 aliphatic heterocycles. The smallest absolute Gasteiger partial charge is 0.347 e. The lowest BCUT2D eigenvalue weighted by Crippen LogP contribution is -2.30. The van der Waals surface area contributed by atoms with Crippen LogP contribution < -0.4 is 10.1 Å². The molecule has 25 heavy (non-hydrogen) atoms. The van der Waals surface area contributed by atoms with Gasteiger partial charge < -0.3 is 14.8 Å². The van der Waals surface area contributed by atoms with E-state index in [1.807, 2.05) is 32.0 Å². The number of carbonyl (C=O) groups excluding carboxylic acids is 2. The molecule has 0 saturated carbocycles. The standard InChI is InChI=1S/C19H20ClNO4/c1-12-6-4-5-7-16(12)21-18(22)11-24-19(23)14(3)25-17-9-8-15(20)10-13(17)2/h4-10,14H,11H2,1-3H3,(H,21,22). The molecule has 132 valence electrons. The predicted octanol–water partition coefficient (Wildman–Crippen LogP) is 3.91. The highest BCUT2D eigenvalue weighted by Crippen LogP contribution is 2.23. The number of para-hydroxylation sites is 1. The van der Waals surface area contributed by atoms with Crippen LogP contribution >= 0.6 is 11.6 Å². The van der Waals surface area contributed by atoms with Crippen molar-refractivity contribution in [2.75, 3.05) is 11.9 Å². The molecular weight excluding hydrogens is 342 g/mol. The summed E-state index contributed by atoms with van der Waals surface area (Å²) in [5.41, 5.74) is 2.42. The summed E-state index contributed by atoms with van der Waals surface area (Å²) in [6.45, 7) is 4.90. The number of ether oxygens (including phenoxy) is 2. The number of hydrogen-bond acceptors (Lipinski definition) is 4. The fourth-order valence-electron chi connectivity index (χ4n) is 2.14. The third-order valence-corrected chi connectivity index (χ3v) is 3.77. The second-order valence-corrected chi connectivity index (χ2v) is 6.08. The fourth-order valence-corrected chi connectivity index (χ4v) is 2.36. The second-order valence-electron chi connectivity index (χ2n) is 5.64. The van der Waals surface area contributed by atoms with Gasteiger partial charge in [0.25, 0.3) is 5.91 Å². The predicted molar refractivity (Wildman–Crippen MR) is 97.0 cm³/mol. The zero-order valence-corrected chi connectivity index (χ0v) is 15.1. The van der Waals surface area contributed by atoms with Crippen LogP contribution in [0.25, 0.3) is 0 Å². The maximum Gasteiger partial charge on any atom is 0.347 e. The lowest BCUT2D eigenvalue weighted by Gasteiger charge is -2.16. The summed E-state index contributed by atoms with van der Waals surface area (Å²) >= 11 is 5.89. The molecule has 1 amide bonds. The number of hydrogen-bond donors (Lipinski definition) is 1. The maximum absolute atomic E-state index is 12.0. The van der Waals surface area contributed by atoms with Crippen LogP contribution in [-0.4, -0.2) is 24.6 Å². The molecule has 0 aromatic heterocycles. The summed E-state index contributed by atoms with van der Waals surface area (Å²) in [6, 6.07) is 12.5. The Kier molecular flexibility index (Phi) is 6.42. The molecule has 1 N–H and O–H groups in total. The summed E-state index contributed by atoms with van der Waals surface area (Å²) in [6.07, 6.45) is -0.842. The first kappa shape index (κ1) is 18.8. The topological polar surface area (TPSA) is 64.6 Å². The number of aryl methyl sites for hydroxylation is 2. The summed E-state index contributed by atoms with van der Waals surface area (Å²) < 4.78 is 10.6. The maximum atomic E-state index is 12.0. The van der Waals surface area contributed by atoms with Gasteiger partial charge in [0, 0.05) is 10.7 Å². The lowest BCUT2D eigenvalue weighted by atomic mass is 10.2. The van der Waals surface area contributed by atoms with Crippen molar-refractivity contribution < 1.29 is 19.1 Å². The number of benzene rings is 2. The molecule has 0 radical (unpaired) electrons. The number of nitrogens with one attached hydrogen (secondary N) is 1. The van der Waals surface area contributed by atoms with Crippen LogP contribution in [-0.2, 0) is 14.3 Å². The Morgan fingerprint density at radius 2 is 1.84 bits per heavy atom. The van der Waals surface area contributed by atoms with Crippen LogP contribution in [0.5, 0.6) is 5.75 Å². The Bertz CT molecular complexity index is 776. The number of anilines is 1. The minimum absolute atomic E-state index is 0.375. The monoisotopic (exact) mass is 361 g/mol. The number of amides is 1. The Labute approximate surface area is 151 Å². The van der Waals surface area contributed by atoms with Crippen LogP contribution in [0, 0.1) is 13.8 Å². The quantitative estimate of drug-likeness (QED) is 0.792. The zero-order chi connectivity index (χ0) is 18.4. The van der Waals surface area contributed by atoms with E-state index in [4.69, 9.17) is 21.1 Å². The van der Waals surface area contributed by atoms with Crippen LogP contribution in [0.3, 0.4) is 0 Å². The van der Waals surface area contributed by atoms with Crippen molar-refractivity contribution in [2.24, 2.45) is 0 Å². The molecule has 5 nitrogen and oxygen atoms in total. The minimum Gasteiger partial charge on any atom is -0.479 e. The number of halogens is 1. The van der Waals surface area contributed by atoms with Crippen LogP contribution in [0.4, 0.5) is 5.69 Å². The first-order chi connectivity index (χ1) is 11.9. The molecule has 0 aliphatic carbocycles. The van der Waals surface area contributed by atoms with Crippen molar-refractivity contribution in [1.29, 1.82) is 0 Å². The molecule has 1 atom stereocenters. The van der Waals surface area contributed by atoms with E-state index in [2.05, 4.69) is 5.32 Å². The summed E-state index contributed by atoms with van der Waals surface area (Å²) in [4.78, 5) is 23.9. The van der Waals surface area contributed by atoms with Crippen molar-refractivity contribution in [3.05, 3.63) is 58.6 Å². The Morgan fingerprint density at radius 1 is 1.12 bits per heavy atom. The van der Waals surface area contributed by atoms with Gasteiger partial charge in [-0.15, -0.1) is 0 Å². The van der Waals surface area contributed by atoms with Crippen molar-refractivity contribution >= 4 is 29.2 Å². The van der Waals surface area contributed by atoms with Gasteiger partial charge in [-0.2, -0.15) is 0 Å². The van der Waals surface area contributed by atoms with E-state index in [0.29, 0.717) is 16.5 Å². The van der Waals surface area contributed by atoms with E-state index in [-0.39, 0.29) is 6.61 Å². The fraction of sp³-hybridized carbons (Fsp3) is 0.263. The lowest BCUT2D eigenvalue weighted by molar-refractivity contribution is -0.153. The van der Waals surface area contributed by atoms with Gasteiger partial charge in [0.05, 0.1) is 0 Å². The zero-order valence-electron chi connectivity index (χ0n) is 14.3. The van der Waals surface area contributed by atoms with Crippen LogP contribution in [0.15, 0.2) is 42.5 Å². The summed E-state index contributed by atoms with van der Waals surface area (Å²) in [5.74, 6) is -0.481. The highest BCUT2D eigenvalue weighted by Gasteiger charge is 2.19. The van der Waals surface area contributed by atoms with Gasteiger partial charge in [-0.3, -0.25) is 4.79 Å². The first-order valence-corrected chi connectivity index (χ1v) is 8.19. The van der Waals surface area contributed by atoms with Gasteiger partial charge in [0.15, 0.2) is 12.7 Å². The van der Waals surface area contributed by atoms with Gasteiger partial charge in [-0.25, -0.2) is 4.79 Å². The second kappa shape index (κ2) is 8.53. The normalized spacial score (nSPS) is 11.5.